The van der Waals surface area contributed by atoms with E-state index in [1.165, 1.54) is 45.8 Å². The van der Waals surface area contributed by atoms with Crippen LogP contribution >= 0.6 is 0 Å². The molecule has 0 bridgehead atoms. The maximum absolute atomic E-state index is 11.5. The quantitative estimate of drug-likeness (QED) is 0.0836. The molecule has 2 aliphatic heterocycles. The molecule has 2 aromatic heterocycles. The number of benzene rings is 4. The van der Waals surface area contributed by atoms with Crippen LogP contribution < -0.4 is 20.1 Å². The van der Waals surface area contributed by atoms with E-state index in [-0.39, 0.29) is 12.1 Å². The molecule has 8 rings (SSSR count). The van der Waals surface area contributed by atoms with E-state index in [1.807, 2.05) is 0 Å². The van der Waals surface area contributed by atoms with Crippen molar-refractivity contribution in [3.63, 3.8) is 0 Å². The minimum absolute atomic E-state index is 0.194. The first-order valence-electron chi connectivity index (χ1n) is 22.4. The zero-order valence-corrected chi connectivity index (χ0v) is 37.8. The molecule has 0 fully saturated rings. The van der Waals surface area contributed by atoms with Crippen molar-refractivity contribution in [3.8, 4) is 33.8 Å². The van der Waals surface area contributed by atoms with E-state index in [1.54, 1.807) is 38.7 Å². The van der Waals surface area contributed by atoms with Gasteiger partial charge in [-0.2, -0.15) is 0 Å². The Kier molecular flexibility index (Phi) is 14.9. The van der Waals surface area contributed by atoms with Gasteiger partial charge in [-0.15, -0.1) is 0 Å². The zero-order chi connectivity index (χ0) is 45.3. The third kappa shape index (κ3) is 10.5. The van der Waals surface area contributed by atoms with E-state index >= 15 is 0 Å². The number of aromatic nitrogens is 2. The average molecular weight is 861 g/mol. The van der Waals surface area contributed by atoms with Crippen LogP contribution in [-0.4, -0.2) is 59.4 Å². The monoisotopic (exact) mass is 860 g/mol. The molecule has 0 amide bonds. The number of hydrogen-bond donors (Lipinski definition) is 4. The van der Waals surface area contributed by atoms with Crippen molar-refractivity contribution in [2.45, 2.75) is 90.1 Å². The number of fused-ring (bicyclic) bond motifs is 2. The third-order valence-corrected chi connectivity index (χ3v) is 12.7. The maximum atomic E-state index is 11.5. The summed E-state index contributed by atoms with van der Waals surface area (Å²) < 4.78 is 11.4. The fraction of sp³-hybridized carbons (Fsp3) is 0.333. The van der Waals surface area contributed by atoms with E-state index in [9.17, 15) is 19.8 Å². The second kappa shape index (κ2) is 20.9. The van der Waals surface area contributed by atoms with Crippen LogP contribution in [0.3, 0.4) is 0 Å². The lowest BCUT2D eigenvalue weighted by Gasteiger charge is -2.28. The predicted molar refractivity (Wildman–Crippen MR) is 253 cm³/mol. The molecule has 64 heavy (non-hydrogen) atoms. The van der Waals surface area contributed by atoms with Crippen molar-refractivity contribution >= 4 is 11.9 Å². The second-order valence-corrected chi connectivity index (χ2v) is 17.3. The van der Waals surface area contributed by atoms with Crippen LogP contribution in [0.25, 0.3) is 22.3 Å². The predicted octanol–water partition coefficient (Wildman–Crippen LogP) is 10.8. The smallest absolute Gasteiger partial charge is 0.336 e. The third-order valence-electron chi connectivity index (χ3n) is 12.7. The fourth-order valence-corrected chi connectivity index (χ4v) is 9.04. The van der Waals surface area contributed by atoms with Gasteiger partial charge in [0.1, 0.15) is 11.5 Å². The summed E-state index contributed by atoms with van der Waals surface area (Å²) in [4.78, 5) is 31.2. The lowest BCUT2D eigenvalue weighted by atomic mass is 9.87. The van der Waals surface area contributed by atoms with E-state index in [0.29, 0.717) is 35.8 Å². The van der Waals surface area contributed by atoms with E-state index < -0.39 is 11.9 Å². The van der Waals surface area contributed by atoms with Crippen LogP contribution in [0.5, 0.6) is 11.5 Å². The highest BCUT2D eigenvalue weighted by atomic mass is 16.5. The second-order valence-electron chi connectivity index (χ2n) is 17.3. The summed E-state index contributed by atoms with van der Waals surface area (Å²) in [5, 5.41) is 26.1. The molecule has 0 spiro atoms. The molecule has 0 radical (unpaired) electrons. The van der Waals surface area contributed by atoms with Gasteiger partial charge in [0.25, 0.3) is 0 Å². The number of aromatic carboxylic acids is 2. The molecule has 332 valence electrons. The minimum Gasteiger partial charge on any atom is -0.496 e. The zero-order valence-electron chi connectivity index (χ0n) is 37.8. The summed E-state index contributed by atoms with van der Waals surface area (Å²) in [6.07, 6.45) is 11.3. The first-order valence-corrected chi connectivity index (χ1v) is 22.4. The first kappa shape index (κ1) is 45.7. The van der Waals surface area contributed by atoms with Gasteiger partial charge >= 0.3 is 11.9 Å². The molecule has 2 atom stereocenters. The molecular weight excluding hydrogens is 801 g/mol. The average Bonchev–Trinajstić information content (AvgIpc) is 3.32. The van der Waals surface area contributed by atoms with E-state index in [0.717, 1.165) is 83.7 Å². The van der Waals surface area contributed by atoms with Crippen LogP contribution in [-0.2, 0) is 25.7 Å². The number of methoxy groups -OCH3 is 2. The lowest BCUT2D eigenvalue weighted by molar-refractivity contribution is 0.0684. The van der Waals surface area contributed by atoms with Gasteiger partial charge < -0.3 is 30.3 Å². The Balaban J connectivity index is 0.000000191. The Bertz CT molecular complexity index is 2430. The van der Waals surface area contributed by atoms with Crippen LogP contribution in [0, 0.1) is 0 Å². The Morgan fingerprint density at radius 1 is 0.609 bits per heavy atom. The van der Waals surface area contributed by atoms with Crippen molar-refractivity contribution in [2.24, 2.45) is 0 Å². The fourth-order valence-electron chi connectivity index (χ4n) is 9.04. The summed E-state index contributed by atoms with van der Waals surface area (Å²) in [6, 6.07) is 29.8. The number of carbonyl (C=O) groups is 2. The van der Waals surface area contributed by atoms with E-state index in [2.05, 4.69) is 121 Å². The Labute approximate surface area is 377 Å². The van der Waals surface area contributed by atoms with Crippen LogP contribution in [0.1, 0.15) is 130 Å². The van der Waals surface area contributed by atoms with Gasteiger partial charge in [0.15, 0.2) is 0 Å². The van der Waals surface area contributed by atoms with Crippen molar-refractivity contribution in [1.29, 1.82) is 0 Å². The van der Waals surface area contributed by atoms with Crippen molar-refractivity contribution in [2.75, 3.05) is 27.3 Å². The van der Waals surface area contributed by atoms with Gasteiger partial charge in [0.05, 0.1) is 25.3 Å². The summed E-state index contributed by atoms with van der Waals surface area (Å²) >= 11 is 0. The number of carboxylic acids is 2. The van der Waals surface area contributed by atoms with Crippen molar-refractivity contribution in [1.82, 2.24) is 20.6 Å². The number of aryl methyl sites for hydroxylation is 2. The van der Waals surface area contributed by atoms with Crippen LogP contribution in [0.4, 0.5) is 0 Å². The molecule has 6 aromatic rings. The van der Waals surface area contributed by atoms with Gasteiger partial charge in [0.2, 0.25) is 0 Å². The molecule has 0 saturated heterocycles. The Hall–Kier alpha value is -6.36. The summed E-state index contributed by atoms with van der Waals surface area (Å²) in [7, 11) is 3.45. The first-order chi connectivity index (χ1) is 30.9. The molecule has 0 aliphatic carbocycles. The van der Waals surface area contributed by atoms with Crippen molar-refractivity contribution < 1.29 is 29.3 Å². The van der Waals surface area contributed by atoms with Gasteiger partial charge in [-0.1, -0.05) is 88.4 Å². The molecule has 10 nitrogen and oxygen atoms in total. The summed E-state index contributed by atoms with van der Waals surface area (Å²) in [6.45, 7) is 10.6. The summed E-state index contributed by atoms with van der Waals surface area (Å²) in [5.74, 6) is 0.909. The largest absolute Gasteiger partial charge is 0.496 e. The number of nitrogens with one attached hydrogen (secondary N) is 2. The highest BCUT2D eigenvalue weighted by Crippen LogP contribution is 2.38. The molecule has 4 heterocycles. The molecule has 4 N–H and O–H groups in total. The van der Waals surface area contributed by atoms with Crippen LogP contribution in [0.2, 0.25) is 0 Å². The van der Waals surface area contributed by atoms with Gasteiger partial charge in [-0.25, -0.2) is 9.59 Å². The number of ether oxygens (including phenoxy) is 2. The normalized spacial score (nSPS) is 15.4. The topological polar surface area (TPSA) is 143 Å². The summed E-state index contributed by atoms with van der Waals surface area (Å²) in [5.41, 5.74) is 14.6. The molecule has 10 heteroatoms. The van der Waals surface area contributed by atoms with Gasteiger partial charge in [0, 0.05) is 48.0 Å². The molecular formula is C54H60N4O6. The van der Waals surface area contributed by atoms with Crippen molar-refractivity contribution in [3.05, 3.63) is 165 Å². The van der Waals surface area contributed by atoms with E-state index in [4.69, 9.17) is 9.47 Å². The minimum atomic E-state index is -0.901. The highest BCUT2D eigenvalue weighted by molar-refractivity contribution is 5.89. The number of rotatable bonds is 14. The maximum Gasteiger partial charge on any atom is 0.336 e. The molecule has 0 saturated carbocycles. The SMILES string of the molecule is COc1cc(C(C)C)ccc1-c1ccc2c(c1)CCN[C@@H]2CCc1cnccc1C(=O)O.COc1cc(C(C)C)ccc1-c1ccc2c(c1)CCN[C@H]2CCc1cnccc1C(=O)O. The molecule has 2 aliphatic rings. The Morgan fingerprint density at radius 2 is 1.03 bits per heavy atom. The lowest BCUT2D eigenvalue weighted by Crippen LogP contribution is -2.30. The standard InChI is InChI=1S/2C27H30N2O3/c2*1-17(2)18-4-8-23(26(15-18)32-3)19-5-7-22-20(14-19)10-13-29-25(22)9-6-21-16-28-12-11-24(21)27(30)31/h2*4-5,7-8,11-12,14-17,25,29H,6,9-10,13H2,1-3H3,(H,30,31)/t2*25-/m10/s1. The Morgan fingerprint density at radius 3 is 1.41 bits per heavy atom. The number of carboxylic acid groups (broad SMARTS) is 2. The van der Waals surface area contributed by atoms with Gasteiger partial charge in [-0.3, -0.25) is 9.97 Å². The van der Waals surface area contributed by atoms with Gasteiger partial charge in [-0.05, 0) is 143 Å². The number of pyridine rings is 2. The van der Waals surface area contributed by atoms with Crippen LogP contribution in [0.15, 0.2) is 110 Å². The number of hydrogen-bond acceptors (Lipinski definition) is 8. The number of nitrogens with zero attached hydrogens (tertiary/aromatic N) is 2. The molecule has 0 unspecified atom stereocenters. The molecule has 4 aromatic carbocycles. The highest BCUT2D eigenvalue weighted by Gasteiger charge is 2.24.